The van der Waals surface area contributed by atoms with Crippen LogP contribution in [0.2, 0.25) is 0 Å². The van der Waals surface area contributed by atoms with E-state index in [1.807, 2.05) is 42.6 Å². The quantitative estimate of drug-likeness (QED) is 0.340. The van der Waals surface area contributed by atoms with Crippen molar-refractivity contribution in [1.82, 2.24) is 16.0 Å². The molecule has 9 heteroatoms. The smallest absolute Gasteiger partial charge is 0.405 e. The van der Waals surface area contributed by atoms with Crippen molar-refractivity contribution in [2.45, 2.75) is 45.2 Å². The Balaban J connectivity index is 2.80. The first-order valence-corrected chi connectivity index (χ1v) is 9.52. The second-order valence-electron chi connectivity index (χ2n) is 6.80. The summed E-state index contributed by atoms with van der Waals surface area (Å²) in [4.78, 5) is 47.3. The molecule has 0 heterocycles. The number of Topliss-reactive ketones (excluding diaryl/α,β-unsaturated/α-hetero) is 1. The van der Waals surface area contributed by atoms with E-state index in [1.54, 1.807) is 6.92 Å². The molecule has 0 bridgehead atoms. The standard InChI is InChI=1S/C20H29N3O6/c1-3-13(2)18(23-17(26)11-21-20(28)29)19(27)22-15(16(25)12-24)10-9-14-7-5-4-6-8-14/h4-8,13,15,18,21,24H,3,9-12H2,1-2H3,(H,22,27)(H,23,26)(H,28,29). The number of carboxylic acid groups (broad SMARTS) is 1. The first-order chi connectivity index (χ1) is 13.8. The van der Waals surface area contributed by atoms with Crippen molar-refractivity contribution < 1.29 is 29.4 Å². The first-order valence-electron chi connectivity index (χ1n) is 9.52. The number of ketones is 1. The molecule has 0 saturated carbocycles. The average Bonchev–Trinajstić information content (AvgIpc) is 2.72. The summed E-state index contributed by atoms with van der Waals surface area (Å²) < 4.78 is 0. The zero-order valence-corrected chi connectivity index (χ0v) is 16.7. The van der Waals surface area contributed by atoms with Gasteiger partial charge in [0.05, 0.1) is 6.04 Å². The maximum Gasteiger partial charge on any atom is 0.405 e. The van der Waals surface area contributed by atoms with E-state index in [0.29, 0.717) is 19.3 Å². The van der Waals surface area contributed by atoms with Crippen LogP contribution in [0.25, 0.3) is 0 Å². The monoisotopic (exact) mass is 407 g/mol. The Morgan fingerprint density at radius 2 is 1.72 bits per heavy atom. The van der Waals surface area contributed by atoms with E-state index in [0.717, 1.165) is 5.56 Å². The summed E-state index contributed by atoms with van der Waals surface area (Å²) in [5.74, 6) is -1.97. The van der Waals surface area contributed by atoms with E-state index >= 15 is 0 Å². The number of aliphatic hydroxyl groups is 1. The van der Waals surface area contributed by atoms with Crippen LogP contribution in [0.4, 0.5) is 4.79 Å². The van der Waals surface area contributed by atoms with Crippen LogP contribution in [0.5, 0.6) is 0 Å². The van der Waals surface area contributed by atoms with Gasteiger partial charge in [-0.3, -0.25) is 14.4 Å². The largest absolute Gasteiger partial charge is 0.465 e. The van der Waals surface area contributed by atoms with Crippen LogP contribution in [-0.2, 0) is 20.8 Å². The third-order valence-corrected chi connectivity index (χ3v) is 4.64. The topological polar surface area (TPSA) is 145 Å². The van der Waals surface area contributed by atoms with Crippen molar-refractivity contribution in [2.24, 2.45) is 5.92 Å². The molecule has 0 aliphatic rings. The second kappa shape index (κ2) is 12.5. The molecule has 1 rings (SSSR count). The summed E-state index contributed by atoms with van der Waals surface area (Å²) in [6, 6.07) is 7.59. The molecule has 0 saturated heterocycles. The zero-order valence-electron chi connectivity index (χ0n) is 16.7. The van der Waals surface area contributed by atoms with Gasteiger partial charge >= 0.3 is 6.09 Å². The number of amides is 3. The molecule has 1 aromatic rings. The molecule has 0 spiro atoms. The van der Waals surface area contributed by atoms with Crippen molar-refractivity contribution >= 4 is 23.7 Å². The lowest BCUT2D eigenvalue weighted by Crippen LogP contribution is -2.55. The van der Waals surface area contributed by atoms with Crippen LogP contribution >= 0.6 is 0 Å². The van der Waals surface area contributed by atoms with Gasteiger partial charge in [0, 0.05) is 0 Å². The minimum absolute atomic E-state index is 0.247. The highest BCUT2D eigenvalue weighted by atomic mass is 16.4. The summed E-state index contributed by atoms with van der Waals surface area (Å²) in [6.07, 6.45) is 0.0594. The van der Waals surface area contributed by atoms with Crippen LogP contribution in [0.1, 0.15) is 32.3 Å². The van der Waals surface area contributed by atoms with Crippen LogP contribution < -0.4 is 16.0 Å². The van der Waals surface area contributed by atoms with Crippen molar-refractivity contribution in [2.75, 3.05) is 13.2 Å². The fourth-order valence-electron chi connectivity index (χ4n) is 2.72. The first kappa shape index (κ1) is 24.1. The van der Waals surface area contributed by atoms with Gasteiger partial charge < -0.3 is 26.2 Å². The fourth-order valence-corrected chi connectivity index (χ4v) is 2.72. The highest BCUT2D eigenvalue weighted by Crippen LogP contribution is 2.10. The van der Waals surface area contributed by atoms with Gasteiger partial charge in [0.25, 0.3) is 0 Å². The molecule has 0 aliphatic heterocycles. The number of hydrogen-bond acceptors (Lipinski definition) is 5. The molecule has 5 N–H and O–H groups in total. The van der Waals surface area contributed by atoms with Gasteiger partial charge in [0.1, 0.15) is 19.2 Å². The summed E-state index contributed by atoms with van der Waals surface area (Å²) >= 11 is 0. The molecule has 1 aromatic carbocycles. The summed E-state index contributed by atoms with van der Waals surface area (Å²) in [5, 5.41) is 24.9. The normalized spacial score (nSPS) is 13.6. The molecular formula is C20H29N3O6. The van der Waals surface area contributed by atoms with E-state index in [2.05, 4.69) is 10.6 Å². The number of hydrogen-bond donors (Lipinski definition) is 5. The van der Waals surface area contributed by atoms with E-state index < -0.39 is 48.9 Å². The van der Waals surface area contributed by atoms with E-state index in [4.69, 9.17) is 5.11 Å². The number of nitrogens with one attached hydrogen (secondary N) is 3. The van der Waals surface area contributed by atoms with Crippen LogP contribution in [0.15, 0.2) is 30.3 Å². The number of rotatable bonds is 12. The van der Waals surface area contributed by atoms with Gasteiger partial charge in [-0.2, -0.15) is 0 Å². The molecule has 9 nitrogen and oxygen atoms in total. The Morgan fingerprint density at radius 1 is 1.07 bits per heavy atom. The summed E-state index contributed by atoms with van der Waals surface area (Å²) in [7, 11) is 0. The third-order valence-electron chi connectivity index (χ3n) is 4.64. The number of carbonyl (C=O) groups is 4. The minimum Gasteiger partial charge on any atom is -0.465 e. The lowest BCUT2D eigenvalue weighted by atomic mass is 9.96. The summed E-state index contributed by atoms with van der Waals surface area (Å²) in [5.41, 5.74) is 0.990. The molecule has 3 amide bonds. The zero-order chi connectivity index (χ0) is 21.8. The van der Waals surface area contributed by atoms with E-state index in [-0.39, 0.29) is 5.92 Å². The van der Waals surface area contributed by atoms with Crippen molar-refractivity contribution in [3.8, 4) is 0 Å². The SMILES string of the molecule is CCC(C)C(NC(=O)CNC(=O)O)C(=O)NC(CCc1ccccc1)C(=O)CO. The molecule has 0 aliphatic carbocycles. The second-order valence-corrected chi connectivity index (χ2v) is 6.80. The number of carbonyl (C=O) groups excluding carboxylic acids is 3. The highest BCUT2D eigenvalue weighted by molar-refractivity contribution is 5.93. The Hall–Kier alpha value is -2.94. The van der Waals surface area contributed by atoms with E-state index in [1.165, 1.54) is 0 Å². The molecule has 3 unspecified atom stereocenters. The predicted octanol–water partition coefficient (Wildman–Crippen LogP) is 0.464. The molecule has 3 atom stereocenters. The third kappa shape index (κ3) is 8.73. The fraction of sp³-hybridized carbons (Fsp3) is 0.500. The average molecular weight is 407 g/mol. The Morgan fingerprint density at radius 3 is 2.28 bits per heavy atom. The van der Waals surface area contributed by atoms with Crippen LogP contribution in [-0.4, -0.2) is 59.1 Å². The maximum absolute atomic E-state index is 12.8. The van der Waals surface area contributed by atoms with Crippen molar-refractivity contribution in [3.63, 3.8) is 0 Å². The minimum atomic E-state index is -1.35. The molecule has 0 radical (unpaired) electrons. The molecular weight excluding hydrogens is 378 g/mol. The lowest BCUT2D eigenvalue weighted by Gasteiger charge is -2.26. The van der Waals surface area contributed by atoms with Crippen molar-refractivity contribution in [1.29, 1.82) is 0 Å². The van der Waals surface area contributed by atoms with Crippen molar-refractivity contribution in [3.05, 3.63) is 35.9 Å². The van der Waals surface area contributed by atoms with Gasteiger partial charge in [-0.05, 0) is 24.3 Å². The van der Waals surface area contributed by atoms with Gasteiger partial charge in [-0.25, -0.2) is 4.79 Å². The molecule has 29 heavy (non-hydrogen) atoms. The van der Waals surface area contributed by atoms with E-state index in [9.17, 15) is 24.3 Å². The predicted molar refractivity (Wildman–Crippen MR) is 106 cm³/mol. The molecule has 0 fully saturated rings. The van der Waals surface area contributed by atoms with Crippen LogP contribution in [0.3, 0.4) is 0 Å². The van der Waals surface area contributed by atoms with Gasteiger partial charge in [-0.15, -0.1) is 0 Å². The number of benzene rings is 1. The molecule has 0 aromatic heterocycles. The summed E-state index contributed by atoms with van der Waals surface area (Å²) in [6.45, 7) is 2.42. The lowest BCUT2D eigenvalue weighted by molar-refractivity contribution is -0.133. The highest BCUT2D eigenvalue weighted by Gasteiger charge is 2.29. The Kier molecular flexibility index (Phi) is 10.4. The van der Waals surface area contributed by atoms with Gasteiger partial charge in [-0.1, -0.05) is 50.6 Å². The molecule has 160 valence electrons. The van der Waals surface area contributed by atoms with Gasteiger partial charge in [0.2, 0.25) is 11.8 Å². The van der Waals surface area contributed by atoms with Gasteiger partial charge in [0.15, 0.2) is 5.78 Å². The number of aliphatic hydroxyl groups excluding tert-OH is 1. The maximum atomic E-state index is 12.8. The van der Waals surface area contributed by atoms with Crippen LogP contribution in [0, 0.1) is 5.92 Å². The Labute approximate surface area is 169 Å². The number of aryl methyl sites for hydroxylation is 1. The Bertz CT molecular complexity index is 695.